The van der Waals surface area contributed by atoms with E-state index in [9.17, 15) is 9.59 Å². The van der Waals surface area contributed by atoms with E-state index in [1.54, 1.807) is 12.2 Å². The summed E-state index contributed by atoms with van der Waals surface area (Å²) < 4.78 is 5.79. The summed E-state index contributed by atoms with van der Waals surface area (Å²) in [6.45, 7) is 1.16. The quantitative estimate of drug-likeness (QED) is 0.891. The van der Waals surface area contributed by atoms with Gasteiger partial charge in [0.05, 0.1) is 6.04 Å². The maximum atomic E-state index is 12.8. The molecule has 1 aromatic rings. The Balaban J connectivity index is 1.69. The smallest absolute Gasteiger partial charge is 0.235 e. The molecule has 3 rings (SSSR count). The molecule has 0 spiro atoms. The SMILES string of the molecule is NC(=O)C1[CH]CCCCN1CC1=CC=C[C@H](Oc2ccccc2)C1=O. The third kappa shape index (κ3) is 4.37. The molecule has 1 saturated heterocycles. The minimum Gasteiger partial charge on any atom is -0.478 e. The second kappa shape index (κ2) is 8.12. The van der Waals surface area contributed by atoms with E-state index in [1.165, 1.54) is 0 Å². The predicted molar refractivity (Wildman–Crippen MR) is 95.8 cm³/mol. The van der Waals surface area contributed by atoms with Crippen molar-refractivity contribution in [2.75, 3.05) is 13.1 Å². The third-order valence-corrected chi connectivity index (χ3v) is 4.51. The number of Topliss-reactive ketones (excluding diaryl/α,β-unsaturated/α-hetero) is 1. The van der Waals surface area contributed by atoms with Crippen LogP contribution in [0.15, 0.2) is 54.1 Å². The first kappa shape index (κ1) is 17.4. The summed E-state index contributed by atoms with van der Waals surface area (Å²) in [5.74, 6) is 0.224. The first-order valence-electron chi connectivity index (χ1n) is 8.65. The van der Waals surface area contributed by atoms with Gasteiger partial charge >= 0.3 is 0 Å². The number of carbonyl (C=O) groups excluding carboxylic acids is 2. The minimum atomic E-state index is -0.634. The van der Waals surface area contributed by atoms with E-state index >= 15 is 0 Å². The van der Waals surface area contributed by atoms with Crippen molar-refractivity contribution in [1.82, 2.24) is 4.90 Å². The van der Waals surface area contributed by atoms with E-state index in [-0.39, 0.29) is 11.7 Å². The van der Waals surface area contributed by atoms with Crippen LogP contribution in [0.25, 0.3) is 0 Å². The van der Waals surface area contributed by atoms with Crippen molar-refractivity contribution in [3.05, 3.63) is 60.6 Å². The van der Waals surface area contributed by atoms with Crippen LogP contribution in [0.4, 0.5) is 0 Å². The molecule has 2 aliphatic rings. The third-order valence-electron chi connectivity index (χ3n) is 4.51. The van der Waals surface area contributed by atoms with E-state index < -0.39 is 12.1 Å². The number of amides is 1. The Labute approximate surface area is 148 Å². The highest BCUT2D eigenvalue weighted by Crippen LogP contribution is 2.21. The lowest BCUT2D eigenvalue weighted by Crippen LogP contribution is -2.46. The fourth-order valence-corrected chi connectivity index (χ4v) is 3.21. The van der Waals surface area contributed by atoms with Gasteiger partial charge in [0.15, 0.2) is 6.10 Å². The Morgan fingerprint density at radius 2 is 2.04 bits per heavy atom. The fraction of sp³-hybridized carbons (Fsp3) is 0.350. The van der Waals surface area contributed by atoms with Gasteiger partial charge in [-0.05, 0) is 44.0 Å². The minimum absolute atomic E-state index is 0.0705. The number of carbonyl (C=O) groups is 2. The van der Waals surface area contributed by atoms with Crippen LogP contribution >= 0.6 is 0 Å². The lowest BCUT2D eigenvalue weighted by molar-refractivity contribution is -0.123. The predicted octanol–water partition coefficient (Wildman–Crippen LogP) is 2.04. The number of ketones is 1. The van der Waals surface area contributed by atoms with E-state index in [0.29, 0.717) is 17.9 Å². The topological polar surface area (TPSA) is 72.6 Å². The number of allylic oxidation sites excluding steroid dienone is 2. The highest BCUT2D eigenvalue weighted by atomic mass is 16.5. The van der Waals surface area contributed by atoms with Crippen LogP contribution in [-0.2, 0) is 9.59 Å². The van der Waals surface area contributed by atoms with Crippen molar-refractivity contribution in [3.8, 4) is 5.75 Å². The van der Waals surface area contributed by atoms with E-state index in [1.807, 2.05) is 47.7 Å². The van der Waals surface area contributed by atoms with Gasteiger partial charge in [-0.3, -0.25) is 14.5 Å². The van der Waals surface area contributed by atoms with Crippen LogP contribution in [0.3, 0.4) is 0 Å². The van der Waals surface area contributed by atoms with Crippen LogP contribution in [0.2, 0.25) is 0 Å². The van der Waals surface area contributed by atoms with Gasteiger partial charge in [-0.1, -0.05) is 36.8 Å². The van der Waals surface area contributed by atoms with E-state index in [0.717, 1.165) is 25.8 Å². The Bertz CT molecular complexity index is 681. The number of primary amides is 1. The van der Waals surface area contributed by atoms with Crippen molar-refractivity contribution in [1.29, 1.82) is 0 Å². The normalized spacial score (nSPS) is 24.5. The maximum absolute atomic E-state index is 12.8. The molecule has 1 aliphatic heterocycles. The van der Waals surface area contributed by atoms with Crippen molar-refractivity contribution < 1.29 is 14.3 Å². The van der Waals surface area contributed by atoms with Gasteiger partial charge < -0.3 is 10.5 Å². The Kier molecular flexibility index (Phi) is 5.66. The largest absolute Gasteiger partial charge is 0.478 e. The van der Waals surface area contributed by atoms with Crippen molar-refractivity contribution in [3.63, 3.8) is 0 Å². The number of hydrogen-bond acceptors (Lipinski definition) is 4. The average Bonchev–Trinajstić information content (AvgIpc) is 2.85. The van der Waals surface area contributed by atoms with Gasteiger partial charge in [0.1, 0.15) is 5.75 Å². The molecule has 1 unspecified atom stereocenters. The Hall–Kier alpha value is -2.40. The maximum Gasteiger partial charge on any atom is 0.235 e. The molecule has 2 atom stereocenters. The van der Waals surface area contributed by atoms with Crippen LogP contribution in [0, 0.1) is 6.42 Å². The number of likely N-dealkylation sites (tertiary alicyclic amines) is 1. The number of nitrogens with zero attached hydrogens (tertiary/aromatic N) is 1. The zero-order valence-electron chi connectivity index (χ0n) is 14.1. The van der Waals surface area contributed by atoms with E-state index in [2.05, 4.69) is 0 Å². The number of ether oxygens (including phenoxy) is 1. The molecule has 1 aliphatic carbocycles. The number of nitrogens with two attached hydrogens (primary N) is 1. The summed E-state index contributed by atoms with van der Waals surface area (Å²) in [7, 11) is 0. The zero-order valence-corrected chi connectivity index (χ0v) is 14.1. The highest BCUT2D eigenvalue weighted by Gasteiger charge is 2.30. The van der Waals surface area contributed by atoms with Gasteiger partial charge in [-0.25, -0.2) is 0 Å². The number of hydrogen-bond donors (Lipinski definition) is 1. The number of benzene rings is 1. The summed E-state index contributed by atoms with van der Waals surface area (Å²) in [6.07, 6.45) is 9.60. The van der Waals surface area contributed by atoms with Gasteiger partial charge in [0, 0.05) is 12.1 Å². The van der Waals surface area contributed by atoms with Gasteiger partial charge in [-0.2, -0.15) is 0 Å². The number of rotatable bonds is 5. The van der Waals surface area contributed by atoms with E-state index in [4.69, 9.17) is 10.5 Å². The summed E-state index contributed by atoms with van der Waals surface area (Å²) in [4.78, 5) is 26.5. The average molecular weight is 339 g/mol. The van der Waals surface area contributed by atoms with Crippen molar-refractivity contribution >= 4 is 11.7 Å². The summed E-state index contributed by atoms with van der Waals surface area (Å²) >= 11 is 0. The highest BCUT2D eigenvalue weighted by molar-refractivity contribution is 6.02. The molecule has 0 bridgehead atoms. The molecule has 1 radical (unpaired) electrons. The van der Waals surface area contributed by atoms with Gasteiger partial charge in [-0.15, -0.1) is 0 Å². The summed E-state index contributed by atoms with van der Waals surface area (Å²) in [5.41, 5.74) is 6.18. The van der Waals surface area contributed by atoms with Crippen LogP contribution in [0.1, 0.15) is 19.3 Å². The second-order valence-corrected chi connectivity index (χ2v) is 6.34. The molecule has 131 valence electrons. The molecule has 1 heterocycles. The fourth-order valence-electron chi connectivity index (χ4n) is 3.21. The zero-order chi connectivity index (χ0) is 17.6. The molecule has 2 N–H and O–H groups in total. The number of para-hydroxylation sites is 1. The molecule has 5 heteroatoms. The molecule has 25 heavy (non-hydrogen) atoms. The first-order valence-corrected chi connectivity index (χ1v) is 8.65. The molecule has 1 fully saturated rings. The molecule has 1 amide bonds. The molecule has 5 nitrogen and oxygen atoms in total. The lowest BCUT2D eigenvalue weighted by atomic mass is 9.99. The standard InChI is InChI=1S/C20H23N2O3/c21-20(24)17-11-5-2-6-13-22(17)14-15-8-7-12-18(19(15)23)25-16-9-3-1-4-10-16/h1,3-4,7-12,17-18H,2,5-6,13-14H2,(H2,21,24)/t17?,18-/m0/s1. The molecule has 0 aromatic heterocycles. The van der Waals surface area contributed by atoms with Crippen molar-refractivity contribution in [2.24, 2.45) is 5.73 Å². The first-order chi connectivity index (χ1) is 12.1. The lowest BCUT2D eigenvalue weighted by Gasteiger charge is -2.29. The molecular weight excluding hydrogens is 316 g/mol. The van der Waals surface area contributed by atoms with Crippen molar-refractivity contribution in [2.45, 2.75) is 31.4 Å². The monoisotopic (exact) mass is 339 g/mol. The second-order valence-electron chi connectivity index (χ2n) is 6.34. The van der Waals surface area contributed by atoms with Crippen LogP contribution < -0.4 is 10.5 Å². The Morgan fingerprint density at radius 1 is 1.24 bits per heavy atom. The Morgan fingerprint density at radius 3 is 2.80 bits per heavy atom. The molecule has 0 saturated carbocycles. The van der Waals surface area contributed by atoms with Gasteiger partial charge in [0.25, 0.3) is 0 Å². The van der Waals surface area contributed by atoms with Gasteiger partial charge in [0.2, 0.25) is 11.7 Å². The van der Waals surface area contributed by atoms with Crippen LogP contribution in [-0.4, -0.2) is 41.8 Å². The summed E-state index contributed by atoms with van der Waals surface area (Å²) in [5, 5.41) is 0. The molecular formula is C20H23N2O3. The van der Waals surface area contributed by atoms with Crippen LogP contribution in [0.5, 0.6) is 5.75 Å². The summed E-state index contributed by atoms with van der Waals surface area (Å²) in [6, 6.07) is 8.87. The molecule has 1 aromatic carbocycles.